The molecule has 0 spiro atoms. The van der Waals surface area contributed by atoms with Crippen LogP contribution in [0.5, 0.6) is 0 Å². The minimum Gasteiger partial charge on any atom is -0.483 e. The van der Waals surface area contributed by atoms with E-state index in [9.17, 15) is 0 Å². The molecule has 1 radical (unpaired) electrons. The smallest absolute Gasteiger partial charge is 0.290 e. The average Bonchev–Trinajstić information content (AvgIpc) is 1.46. The molecule has 0 atom stereocenters. The molecular weight excluding hydrogens is 124 g/mol. The summed E-state index contributed by atoms with van der Waals surface area (Å²) in [5, 5.41) is 6.89. The van der Waals surface area contributed by atoms with Crippen molar-refractivity contribution >= 4 is 13.3 Å². The maximum atomic E-state index is 8.36. The van der Waals surface area contributed by atoms with Crippen molar-refractivity contribution in [2.75, 3.05) is 0 Å². The van der Waals surface area contributed by atoms with E-state index in [4.69, 9.17) is 14.7 Å². The van der Waals surface area contributed by atoms with E-state index < -0.39 is 0 Å². The molecule has 6 heavy (non-hydrogen) atoms. The molecule has 0 saturated carbocycles. The number of carboxylic acid groups (broad SMARTS) is 1. The van der Waals surface area contributed by atoms with Crippen molar-refractivity contribution in [3.8, 4) is 0 Å². The summed E-state index contributed by atoms with van der Waals surface area (Å²) in [6, 6.07) is 0. The van der Waals surface area contributed by atoms with Gasteiger partial charge < -0.3 is 5.11 Å². The minimum absolute atomic E-state index is 0. The van der Waals surface area contributed by atoms with Crippen LogP contribution in [0.15, 0.2) is 0 Å². The predicted octanol–water partition coefficient (Wildman–Crippen LogP) is -0.576. The molecule has 0 aromatic heterocycles. The van der Waals surface area contributed by atoms with Gasteiger partial charge in [0, 0.05) is 17.4 Å². The first-order valence-corrected chi connectivity index (χ1v) is 0.730. The molecule has 0 aliphatic carbocycles. The summed E-state index contributed by atoms with van der Waals surface area (Å²) >= 11 is 0. The Morgan fingerprint density at radius 2 is 1.50 bits per heavy atom. The van der Waals surface area contributed by atoms with E-state index in [1.165, 1.54) is 0 Å². The molecule has 0 saturated heterocycles. The Balaban J connectivity index is -0.0000000275. The van der Waals surface area contributed by atoms with Crippen molar-refractivity contribution in [3.05, 3.63) is 0 Å². The average molecular weight is 127 g/mol. The molecule has 0 aromatic carbocycles. The van der Waals surface area contributed by atoms with Gasteiger partial charge >= 0.3 is 0 Å². The molecule has 0 fully saturated rings. The van der Waals surface area contributed by atoms with Crippen LogP contribution in [-0.4, -0.2) is 18.4 Å². The first-order valence-electron chi connectivity index (χ1n) is 0.730. The normalized spacial score (nSPS) is 2.67. The zero-order valence-electron chi connectivity index (χ0n) is 2.83. The Bertz CT molecular complexity index is 22.8. The monoisotopic (exact) mass is 127 g/mol. The Hall–Kier alpha value is -0.328. The van der Waals surface area contributed by atoms with E-state index >= 15 is 0 Å². The zero-order valence-corrected chi connectivity index (χ0v) is 4.10. The third-order valence-electron chi connectivity index (χ3n) is 0. The van der Waals surface area contributed by atoms with Crippen molar-refractivity contribution < 1.29 is 32.1 Å². The first kappa shape index (κ1) is 17.3. The van der Waals surface area contributed by atoms with E-state index in [0.717, 1.165) is 0 Å². The number of hydrogen-bond acceptors (Lipinski definition) is 2. The van der Waals surface area contributed by atoms with Gasteiger partial charge in [-0.1, -0.05) is 0 Å². The van der Waals surface area contributed by atoms with Gasteiger partial charge in [-0.3, -0.25) is 9.59 Å². The Labute approximate surface area is 46.1 Å². The van der Waals surface area contributed by atoms with Gasteiger partial charge in [-0.25, -0.2) is 0 Å². The summed E-state index contributed by atoms with van der Waals surface area (Å²) in [5.41, 5.74) is 0. The molecule has 3 nitrogen and oxygen atoms in total. The maximum absolute atomic E-state index is 8.36. The molecular formula is C2H3CrO3. The summed E-state index contributed by atoms with van der Waals surface area (Å²) < 4.78 is 0. The molecule has 0 unspecified atom stereocenters. The first-order chi connectivity index (χ1) is 2.41. The minimum atomic E-state index is -0.250. The van der Waals surface area contributed by atoms with E-state index in [2.05, 4.69) is 6.79 Å². The SMILES string of the molecule is O=CO.[CH]=O.[Cr]. The Kier molecular flexibility index (Phi) is 403. The van der Waals surface area contributed by atoms with Gasteiger partial charge in [-0.2, -0.15) is 0 Å². The summed E-state index contributed by atoms with van der Waals surface area (Å²) in [4.78, 5) is 16.1. The number of rotatable bonds is 0. The molecule has 4 heteroatoms. The predicted molar refractivity (Wildman–Crippen MR) is 15.4 cm³/mol. The summed E-state index contributed by atoms with van der Waals surface area (Å²) in [5.74, 6) is 0. The third-order valence-corrected chi connectivity index (χ3v) is 0. The largest absolute Gasteiger partial charge is 0.483 e. The van der Waals surface area contributed by atoms with Crippen LogP contribution >= 0.6 is 0 Å². The fourth-order valence-corrected chi connectivity index (χ4v) is 0. The molecule has 0 bridgehead atoms. The van der Waals surface area contributed by atoms with Crippen molar-refractivity contribution in [1.82, 2.24) is 0 Å². The fourth-order valence-electron chi connectivity index (χ4n) is 0. The molecule has 0 heterocycles. The van der Waals surface area contributed by atoms with E-state index in [0.29, 0.717) is 0 Å². The third kappa shape index (κ3) is 244. The molecule has 0 rings (SSSR count). The standard InChI is InChI=1S/CH2O2.CHO.Cr/c2-1-3;1-2;/h1H,(H,2,3);1H;. The van der Waals surface area contributed by atoms with Crippen LogP contribution in [0.1, 0.15) is 0 Å². The summed E-state index contributed by atoms with van der Waals surface area (Å²) in [6.07, 6.45) is 0. The van der Waals surface area contributed by atoms with Crippen molar-refractivity contribution in [3.63, 3.8) is 0 Å². The van der Waals surface area contributed by atoms with E-state index in [1.807, 2.05) is 0 Å². The van der Waals surface area contributed by atoms with Gasteiger partial charge in [-0.15, -0.1) is 0 Å². The maximum Gasteiger partial charge on any atom is 0.290 e. The van der Waals surface area contributed by atoms with Gasteiger partial charge in [0.1, 0.15) is 0 Å². The van der Waals surface area contributed by atoms with Gasteiger partial charge in [-0.05, 0) is 0 Å². The van der Waals surface area contributed by atoms with Crippen molar-refractivity contribution in [1.29, 1.82) is 0 Å². The number of carbonyl (C=O) groups is 1. The topological polar surface area (TPSA) is 54.4 Å². The second-order valence-electron chi connectivity index (χ2n) is 0.105. The summed E-state index contributed by atoms with van der Waals surface area (Å²) in [6.45, 7) is 3.00. The van der Waals surface area contributed by atoms with Crippen molar-refractivity contribution in [2.24, 2.45) is 0 Å². The number of hydrogen-bond donors (Lipinski definition) is 1. The van der Waals surface area contributed by atoms with Crippen LogP contribution in [0, 0.1) is 0 Å². The van der Waals surface area contributed by atoms with E-state index in [-0.39, 0.29) is 23.8 Å². The second kappa shape index (κ2) is 139. The van der Waals surface area contributed by atoms with Gasteiger partial charge in [0.15, 0.2) is 6.79 Å². The van der Waals surface area contributed by atoms with Gasteiger partial charge in [0.05, 0.1) is 0 Å². The van der Waals surface area contributed by atoms with E-state index in [1.54, 1.807) is 0 Å². The Morgan fingerprint density at radius 3 is 1.50 bits per heavy atom. The van der Waals surface area contributed by atoms with Crippen LogP contribution in [-0.2, 0) is 27.0 Å². The van der Waals surface area contributed by atoms with Crippen LogP contribution < -0.4 is 0 Å². The van der Waals surface area contributed by atoms with Crippen LogP contribution in [0.4, 0.5) is 0 Å². The van der Waals surface area contributed by atoms with Gasteiger partial charge in [0.25, 0.3) is 6.47 Å². The molecule has 35 valence electrons. The molecule has 0 aliphatic heterocycles. The Morgan fingerprint density at radius 1 is 1.50 bits per heavy atom. The number of carbonyl (C=O) groups excluding carboxylic acids is 1. The van der Waals surface area contributed by atoms with Crippen LogP contribution in [0.25, 0.3) is 0 Å². The zero-order chi connectivity index (χ0) is 4.71. The van der Waals surface area contributed by atoms with Crippen LogP contribution in [0.3, 0.4) is 0 Å². The van der Waals surface area contributed by atoms with Crippen molar-refractivity contribution in [2.45, 2.75) is 0 Å². The van der Waals surface area contributed by atoms with Crippen LogP contribution in [0.2, 0.25) is 0 Å². The molecule has 0 aromatic rings. The molecule has 1 N–H and O–H groups in total. The fraction of sp³-hybridized carbons (Fsp3) is 0. The quantitative estimate of drug-likeness (QED) is 0.443. The molecule has 0 aliphatic rings. The van der Waals surface area contributed by atoms with Gasteiger partial charge in [0.2, 0.25) is 0 Å². The second-order valence-corrected chi connectivity index (χ2v) is 0.105. The summed E-state index contributed by atoms with van der Waals surface area (Å²) in [7, 11) is 0. The molecule has 0 amide bonds.